The van der Waals surface area contributed by atoms with Gasteiger partial charge in [0.15, 0.2) is 0 Å². The van der Waals surface area contributed by atoms with Crippen LogP contribution in [0.1, 0.15) is 26.5 Å². The molecule has 0 saturated carbocycles. The summed E-state index contributed by atoms with van der Waals surface area (Å²) in [6, 6.07) is 1.78. The van der Waals surface area contributed by atoms with E-state index in [0.29, 0.717) is 18.0 Å². The molecule has 0 saturated heterocycles. The summed E-state index contributed by atoms with van der Waals surface area (Å²) in [6.45, 7) is 5.89. The molecule has 0 aromatic carbocycles. The van der Waals surface area contributed by atoms with Gasteiger partial charge in [-0.2, -0.15) is 0 Å². The van der Waals surface area contributed by atoms with Gasteiger partial charge in [-0.3, -0.25) is 4.98 Å². The fourth-order valence-corrected chi connectivity index (χ4v) is 1.95. The minimum atomic E-state index is -0.489. The molecule has 0 aliphatic carbocycles. The Labute approximate surface area is 120 Å². The van der Waals surface area contributed by atoms with E-state index in [1.165, 1.54) is 0 Å². The first-order valence-corrected chi connectivity index (χ1v) is 6.72. The Morgan fingerprint density at radius 3 is 2.78 bits per heavy atom. The van der Waals surface area contributed by atoms with Crippen molar-refractivity contribution in [1.82, 2.24) is 10.3 Å². The van der Waals surface area contributed by atoms with Crippen LogP contribution in [0.25, 0.3) is 0 Å². The van der Waals surface area contributed by atoms with Crippen molar-refractivity contribution in [3.05, 3.63) is 27.5 Å². The number of amides is 1. The molecular formula is C12H16BrClN2O2. The summed E-state index contributed by atoms with van der Waals surface area (Å²) < 4.78 is 5.94. The zero-order chi connectivity index (χ0) is 13.8. The van der Waals surface area contributed by atoms with E-state index in [9.17, 15) is 4.79 Å². The summed E-state index contributed by atoms with van der Waals surface area (Å²) in [5.41, 5.74) is 0.258. The molecule has 1 rings (SSSR count). The number of hydrogen-bond acceptors (Lipinski definition) is 3. The van der Waals surface area contributed by atoms with E-state index < -0.39 is 11.7 Å². The number of carbonyl (C=O) groups is 1. The molecule has 18 heavy (non-hydrogen) atoms. The first-order valence-electron chi connectivity index (χ1n) is 5.55. The Morgan fingerprint density at radius 1 is 1.56 bits per heavy atom. The fraction of sp³-hybridized carbons (Fsp3) is 0.500. The fourth-order valence-electron chi connectivity index (χ4n) is 1.22. The number of nitrogens with zero attached hydrogens (tertiary/aromatic N) is 1. The van der Waals surface area contributed by atoms with Crippen molar-refractivity contribution >= 4 is 33.6 Å². The van der Waals surface area contributed by atoms with Gasteiger partial charge in [-0.1, -0.05) is 11.6 Å². The molecule has 1 aromatic rings. The van der Waals surface area contributed by atoms with Gasteiger partial charge in [0.1, 0.15) is 5.60 Å². The molecule has 0 unspecified atom stereocenters. The monoisotopic (exact) mass is 334 g/mol. The van der Waals surface area contributed by atoms with Crippen LogP contribution in [0.5, 0.6) is 0 Å². The van der Waals surface area contributed by atoms with Gasteiger partial charge in [-0.05, 0) is 42.8 Å². The summed E-state index contributed by atoms with van der Waals surface area (Å²) in [6.07, 6.45) is 1.80. The highest BCUT2D eigenvalue weighted by Gasteiger charge is 2.15. The number of aromatic nitrogens is 1. The summed E-state index contributed by atoms with van der Waals surface area (Å²) in [7, 11) is 0. The summed E-state index contributed by atoms with van der Waals surface area (Å²) in [4.78, 5) is 15.6. The Bertz CT molecular complexity index is 433. The number of halogens is 2. The SMILES string of the molecule is CC(C)(C)OC(=O)NCCc1ncc(Br)cc1Cl. The molecule has 1 heterocycles. The second-order valence-electron chi connectivity index (χ2n) is 4.76. The third kappa shape index (κ3) is 5.69. The van der Waals surface area contributed by atoms with Gasteiger partial charge in [0.05, 0.1) is 10.7 Å². The first-order chi connectivity index (χ1) is 8.28. The summed E-state index contributed by atoms with van der Waals surface area (Å²) >= 11 is 9.30. The molecule has 1 N–H and O–H groups in total. The van der Waals surface area contributed by atoms with E-state index in [4.69, 9.17) is 16.3 Å². The standard InChI is InChI=1S/C12H16BrClN2O2/c1-12(2,3)18-11(17)15-5-4-10-9(14)6-8(13)7-16-10/h6-7H,4-5H2,1-3H3,(H,15,17). The molecule has 6 heteroatoms. The van der Waals surface area contributed by atoms with Crippen molar-refractivity contribution in [3.8, 4) is 0 Å². The van der Waals surface area contributed by atoms with E-state index >= 15 is 0 Å². The predicted molar refractivity (Wildman–Crippen MR) is 74.9 cm³/mol. The van der Waals surface area contributed by atoms with Crippen LogP contribution in [-0.4, -0.2) is 23.2 Å². The molecule has 100 valence electrons. The van der Waals surface area contributed by atoms with E-state index in [0.717, 1.165) is 10.2 Å². The van der Waals surface area contributed by atoms with Crippen LogP contribution in [0.4, 0.5) is 4.79 Å². The number of hydrogen-bond donors (Lipinski definition) is 1. The highest BCUT2D eigenvalue weighted by Crippen LogP contribution is 2.18. The second kappa shape index (κ2) is 6.38. The largest absolute Gasteiger partial charge is 0.444 e. The zero-order valence-electron chi connectivity index (χ0n) is 10.6. The highest BCUT2D eigenvalue weighted by atomic mass is 79.9. The second-order valence-corrected chi connectivity index (χ2v) is 6.08. The van der Waals surface area contributed by atoms with E-state index in [2.05, 4.69) is 26.2 Å². The van der Waals surface area contributed by atoms with Gasteiger partial charge in [-0.25, -0.2) is 4.79 Å². The van der Waals surface area contributed by atoms with Crippen molar-refractivity contribution in [2.24, 2.45) is 0 Å². The summed E-state index contributed by atoms with van der Waals surface area (Å²) in [5.74, 6) is 0. The minimum absolute atomic E-state index is 0.434. The first kappa shape index (κ1) is 15.2. The molecule has 0 aliphatic heterocycles. The number of alkyl carbamates (subject to hydrolysis) is 1. The Hall–Kier alpha value is -0.810. The molecule has 0 aliphatic rings. The van der Waals surface area contributed by atoms with Gasteiger partial charge in [0.25, 0.3) is 0 Å². The number of nitrogens with one attached hydrogen (secondary N) is 1. The Balaban J connectivity index is 2.40. The number of rotatable bonds is 3. The lowest BCUT2D eigenvalue weighted by atomic mass is 10.2. The van der Waals surface area contributed by atoms with E-state index in [1.54, 1.807) is 12.3 Å². The van der Waals surface area contributed by atoms with Gasteiger partial charge in [0.2, 0.25) is 0 Å². The third-order valence-corrected chi connectivity index (χ3v) is 2.67. The average Bonchev–Trinajstić information content (AvgIpc) is 2.18. The molecule has 4 nitrogen and oxygen atoms in total. The minimum Gasteiger partial charge on any atom is -0.444 e. The smallest absolute Gasteiger partial charge is 0.407 e. The molecule has 0 fully saturated rings. The van der Waals surface area contributed by atoms with E-state index in [1.807, 2.05) is 20.8 Å². The maximum atomic E-state index is 11.4. The third-order valence-electron chi connectivity index (χ3n) is 1.91. The lowest BCUT2D eigenvalue weighted by Crippen LogP contribution is -2.33. The molecule has 0 radical (unpaired) electrons. The van der Waals surface area contributed by atoms with Gasteiger partial charge >= 0.3 is 6.09 Å². The molecule has 0 bridgehead atoms. The van der Waals surface area contributed by atoms with Crippen molar-refractivity contribution in [1.29, 1.82) is 0 Å². The normalized spacial score (nSPS) is 11.2. The van der Waals surface area contributed by atoms with Crippen LogP contribution in [0.2, 0.25) is 5.02 Å². The van der Waals surface area contributed by atoms with Gasteiger partial charge in [-0.15, -0.1) is 0 Å². The number of pyridine rings is 1. The predicted octanol–water partition coefficient (Wildman–Crippen LogP) is 3.56. The van der Waals surface area contributed by atoms with Crippen LogP contribution in [0.15, 0.2) is 16.7 Å². The van der Waals surface area contributed by atoms with Crippen LogP contribution in [0, 0.1) is 0 Å². The molecular weight excluding hydrogens is 320 g/mol. The Morgan fingerprint density at radius 2 is 2.22 bits per heavy atom. The highest BCUT2D eigenvalue weighted by molar-refractivity contribution is 9.10. The van der Waals surface area contributed by atoms with Crippen molar-refractivity contribution < 1.29 is 9.53 Å². The van der Waals surface area contributed by atoms with Gasteiger partial charge < -0.3 is 10.1 Å². The maximum absolute atomic E-state index is 11.4. The van der Waals surface area contributed by atoms with E-state index in [-0.39, 0.29) is 0 Å². The Kier molecular flexibility index (Phi) is 5.41. The number of ether oxygens (including phenoxy) is 1. The molecule has 1 aromatic heterocycles. The van der Waals surface area contributed by atoms with Crippen molar-refractivity contribution in [2.45, 2.75) is 32.8 Å². The lowest BCUT2D eigenvalue weighted by molar-refractivity contribution is 0.0528. The summed E-state index contributed by atoms with van der Waals surface area (Å²) in [5, 5.41) is 3.24. The van der Waals surface area contributed by atoms with Crippen LogP contribution < -0.4 is 5.32 Å². The molecule has 0 spiro atoms. The zero-order valence-corrected chi connectivity index (χ0v) is 12.9. The van der Waals surface area contributed by atoms with Crippen LogP contribution >= 0.6 is 27.5 Å². The average molecular weight is 336 g/mol. The molecule has 1 amide bonds. The lowest BCUT2D eigenvalue weighted by Gasteiger charge is -2.19. The topological polar surface area (TPSA) is 51.2 Å². The van der Waals surface area contributed by atoms with Crippen LogP contribution in [0.3, 0.4) is 0 Å². The van der Waals surface area contributed by atoms with Gasteiger partial charge in [0, 0.05) is 23.6 Å². The van der Waals surface area contributed by atoms with Crippen molar-refractivity contribution in [3.63, 3.8) is 0 Å². The number of carbonyl (C=O) groups excluding carboxylic acids is 1. The van der Waals surface area contributed by atoms with Crippen LogP contribution in [-0.2, 0) is 11.2 Å². The molecule has 0 atom stereocenters. The van der Waals surface area contributed by atoms with Crippen molar-refractivity contribution in [2.75, 3.05) is 6.54 Å². The quantitative estimate of drug-likeness (QED) is 0.919. The maximum Gasteiger partial charge on any atom is 0.407 e.